The van der Waals surface area contributed by atoms with E-state index in [1.54, 1.807) is 11.9 Å². The van der Waals surface area contributed by atoms with Gasteiger partial charge >= 0.3 is 12.0 Å². The zero-order valence-corrected chi connectivity index (χ0v) is 13.7. The molecule has 0 aromatic carbocycles. The van der Waals surface area contributed by atoms with E-state index in [1.807, 2.05) is 11.8 Å². The van der Waals surface area contributed by atoms with Crippen LogP contribution in [0.25, 0.3) is 0 Å². The van der Waals surface area contributed by atoms with Crippen LogP contribution in [0, 0.1) is 0 Å². The predicted molar refractivity (Wildman–Crippen MR) is 83.4 cm³/mol. The second-order valence-electron chi connectivity index (χ2n) is 6.13. The van der Waals surface area contributed by atoms with Gasteiger partial charge in [0.25, 0.3) is 0 Å². The van der Waals surface area contributed by atoms with Gasteiger partial charge in [-0.2, -0.15) is 0 Å². The summed E-state index contributed by atoms with van der Waals surface area (Å²) in [6.07, 6.45) is 6.84. The average molecular weight is 298 g/mol. The van der Waals surface area contributed by atoms with E-state index in [-0.39, 0.29) is 12.5 Å². The van der Waals surface area contributed by atoms with Crippen LogP contribution < -0.4 is 0 Å². The van der Waals surface area contributed by atoms with E-state index in [0.29, 0.717) is 6.54 Å². The van der Waals surface area contributed by atoms with Crippen molar-refractivity contribution in [1.82, 2.24) is 9.80 Å². The number of urea groups is 1. The van der Waals surface area contributed by atoms with E-state index in [0.717, 1.165) is 51.5 Å². The van der Waals surface area contributed by atoms with Crippen molar-refractivity contribution in [3.63, 3.8) is 0 Å². The zero-order valence-electron chi connectivity index (χ0n) is 13.7. The van der Waals surface area contributed by atoms with Gasteiger partial charge in [0.2, 0.25) is 0 Å². The standard InChI is InChI=1S/C16H30N2O3/c1-4-6-12-18(5-2)15(21)17(3)16(13-14(19)20)10-8-7-9-11-16/h4-13H2,1-3H3,(H,19,20). The summed E-state index contributed by atoms with van der Waals surface area (Å²) >= 11 is 0. The Morgan fingerprint density at radius 3 is 2.24 bits per heavy atom. The highest BCUT2D eigenvalue weighted by molar-refractivity contribution is 5.77. The molecule has 0 radical (unpaired) electrons. The van der Waals surface area contributed by atoms with Gasteiger partial charge in [-0.05, 0) is 26.2 Å². The fourth-order valence-corrected chi connectivity index (χ4v) is 3.28. The first-order valence-electron chi connectivity index (χ1n) is 8.21. The molecule has 0 unspecified atom stereocenters. The lowest BCUT2D eigenvalue weighted by Gasteiger charge is -2.45. The first kappa shape index (κ1) is 17.8. The Hall–Kier alpha value is -1.26. The van der Waals surface area contributed by atoms with Gasteiger partial charge in [0.15, 0.2) is 0 Å². The second-order valence-corrected chi connectivity index (χ2v) is 6.13. The van der Waals surface area contributed by atoms with E-state index in [2.05, 4.69) is 6.92 Å². The molecule has 0 heterocycles. The molecule has 0 saturated heterocycles. The first-order valence-corrected chi connectivity index (χ1v) is 8.21. The first-order chi connectivity index (χ1) is 9.96. The number of nitrogens with zero attached hydrogens (tertiary/aromatic N) is 2. The second kappa shape index (κ2) is 8.25. The van der Waals surface area contributed by atoms with Crippen LogP contribution in [0.4, 0.5) is 4.79 Å². The maximum absolute atomic E-state index is 12.7. The Balaban J connectivity index is 2.85. The van der Waals surface area contributed by atoms with Crippen molar-refractivity contribution in [2.45, 2.75) is 70.8 Å². The molecular weight excluding hydrogens is 268 g/mol. The summed E-state index contributed by atoms with van der Waals surface area (Å²) in [5.41, 5.74) is -0.499. The quantitative estimate of drug-likeness (QED) is 0.784. The topological polar surface area (TPSA) is 60.9 Å². The smallest absolute Gasteiger partial charge is 0.320 e. The number of unbranched alkanes of at least 4 members (excludes halogenated alkanes) is 1. The monoisotopic (exact) mass is 298 g/mol. The van der Waals surface area contributed by atoms with Crippen molar-refractivity contribution in [1.29, 1.82) is 0 Å². The molecule has 1 N–H and O–H groups in total. The minimum atomic E-state index is -0.812. The number of hydrogen-bond acceptors (Lipinski definition) is 2. The van der Waals surface area contributed by atoms with Crippen molar-refractivity contribution in [2.24, 2.45) is 0 Å². The maximum Gasteiger partial charge on any atom is 0.320 e. The van der Waals surface area contributed by atoms with Gasteiger partial charge in [-0.1, -0.05) is 32.6 Å². The SMILES string of the molecule is CCCCN(CC)C(=O)N(C)C1(CC(=O)O)CCCCC1. The Labute approximate surface area is 128 Å². The Bertz CT molecular complexity index is 351. The van der Waals surface area contributed by atoms with Crippen LogP contribution in [0.1, 0.15) is 65.2 Å². The lowest BCUT2D eigenvalue weighted by atomic mass is 9.78. The van der Waals surface area contributed by atoms with Crippen LogP contribution in [0.5, 0.6) is 0 Å². The lowest BCUT2D eigenvalue weighted by molar-refractivity contribution is -0.140. The van der Waals surface area contributed by atoms with E-state index < -0.39 is 11.5 Å². The summed E-state index contributed by atoms with van der Waals surface area (Å²) < 4.78 is 0. The lowest BCUT2D eigenvalue weighted by Crippen LogP contribution is -2.56. The van der Waals surface area contributed by atoms with Gasteiger partial charge in [0.1, 0.15) is 0 Å². The van der Waals surface area contributed by atoms with Gasteiger partial charge < -0.3 is 14.9 Å². The van der Waals surface area contributed by atoms with Crippen molar-refractivity contribution in [3.8, 4) is 0 Å². The van der Waals surface area contributed by atoms with E-state index in [1.165, 1.54) is 0 Å². The van der Waals surface area contributed by atoms with Crippen molar-refractivity contribution in [2.75, 3.05) is 20.1 Å². The number of amides is 2. The third kappa shape index (κ3) is 4.61. The predicted octanol–water partition coefficient (Wildman–Crippen LogP) is 3.34. The fraction of sp³-hybridized carbons (Fsp3) is 0.875. The highest BCUT2D eigenvalue weighted by Gasteiger charge is 2.41. The third-order valence-corrected chi connectivity index (χ3v) is 4.70. The summed E-state index contributed by atoms with van der Waals surface area (Å²) in [6, 6.07) is -0.0194. The van der Waals surface area contributed by atoms with Crippen molar-refractivity contribution in [3.05, 3.63) is 0 Å². The summed E-state index contributed by atoms with van der Waals surface area (Å²) in [5.74, 6) is -0.812. The van der Waals surface area contributed by atoms with Crippen LogP contribution in [0.3, 0.4) is 0 Å². The minimum absolute atomic E-state index is 0.0194. The van der Waals surface area contributed by atoms with Crippen molar-refractivity contribution >= 4 is 12.0 Å². The summed E-state index contributed by atoms with van der Waals surface area (Å²) in [6.45, 7) is 5.51. The molecule has 21 heavy (non-hydrogen) atoms. The molecule has 122 valence electrons. The van der Waals surface area contributed by atoms with Crippen LogP contribution in [0.15, 0.2) is 0 Å². The number of hydrogen-bond donors (Lipinski definition) is 1. The molecule has 0 aliphatic heterocycles. The minimum Gasteiger partial charge on any atom is -0.481 e. The van der Waals surface area contributed by atoms with Gasteiger partial charge in [-0.3, -0.25) is 4.79 Å². The van der Waals surface area contributed by atoms with Crippen molar-refractivity contribution < 1.29 is 14.7 Å². The Kier molecular flexibility index (Phi) is 6.99. The fourth-order valence-electron chi connectivity index (χ4n) is 3.28. The normalized spacial score (nSPS) is 17.3. The molecule has 2 amide bonds. The van der Waals surface area contributed by atoms with Gasteiger partial charge in [-0.15, -0.1) is 0 Å². The maximum atomic E-state index is 12.7. The Morgan fingerprint density at radius 2 is 1.76 bits per heavy atom. The molecule has 1 aliphatic carbocycles. The molecule has 5 nitrogen and oxygen atoms in total. The molecule has 0 aromatic heterocycles. The highest BCUT2D eigenvalue weighted by atomic mass is 16.4. The summed E-state index contributed by atoms with van der Waals surface area (Å²) in [5, 5.41) is 9.25. The number of carbonyl (C=O) groups is 2. The van der Waals surface area contributed by atoms with Crippen LogP contribution in [0.2, 0.25) is 0 Å². The van der Waals surface area contributed by atoms with E-state index >= 15 is 0 Å². The molecule has 5 heteroatoms. The van der Waals surface area contributed by atoms with E-state index in [4.69, 9.17) is 0 Å². The summed E-state index contributed by atoms with van der Waals surface area (Å²) in [4.78, 5) is 27.5. The zero-order chi connectivity index (χ0) is 15.9. The van der Waals surface area contributed by atoms with Gasteiger partial charge in [0, 0.05) is 20.1 Å². The Morgan fingerprint density at radius 1 is 1.14 bits per heavy atom. The van der Waals surface area contributed by atoms with Gasteiger partial charge in [0.05, 0.1) is 12.0 Å². The molecule has 0 atom stereocenters. The van der Waals surface area contributed by atoms with E-state index in [9.17, 15) is 14.7 Å². The third-order valence-electron chi connectivity index (χ3n) is 4.70. The number of rotatable bonds is 7. The number of carboxylic acids is 1. The molecule has 1 saturated carbocycles. The van der Waals surface area contributed by atoms with Crippen LogP contribution in [-0.4, -0.2) is 52.6 Å². The number of aliphatic carboxylic acids is 1. The van der Waals surface area contributed by atoms with Gasteiger partial charge in [-0.25, -0.2) is 4.79 Å². The largest absolute Gasteiger partial charge is 0.481 e. The highest BCUT2D eigenvalue weighted by Crippen LogP contribution is 2.36. The van der Waals surface area contributed by atoms with Crippen LogP contribution in [-0.2, 0) is 4.79 Å². The molecule has 1 fully saturated rings. The number of carboxylic acid groups (broad SMARTS) is 1. The molecule has 0 aromatic rings. The number of carbonyl (C=O) groups excluding carboxylic acids is 1. The van der Waals surface area contributed by atoms with Crippen LogP contribution >= 0.6 is 0 Å². The molecule has 1 rings (SSSR count). The molecular formula is C16H30N2O3. The summed E-state index contributed by atoms with van der Waals surface area (Å²) in [7, 11) is 1.78. The molecule has 0 bridgehead atoms. The average Bonchev–Trinajstić information content (AvgIpc) is 2.47. The molecule has 0 spiro atoms. The molecule has 1 aliphatic rings.